The van der Waals surface area contributed by atoms with Crippen LogP contribution < -0.4 is 4.72 Å². The Morgan fingerprint density at radius 1 is 1.14 bits per heavy atom. The number of amides is 1. The van der Waals surface area contributed by atoms with E-state index in [1.54, 1.807) is 43.3 Å². The van der Waals surface area contributed by atoms with Gasteiger partial charge in [0.25, 0.3) is 0 Å². The number of ether oxygens (including phenoxy) is 1. The number of nitrogens with zero attached hydrogens (tertiary/aromatic N) is 2. The van der Waals surface area contributed by atoms with Crippen molar-refractivity contribution in [3.05, 3.63) is 35.9 Å². The maximum atomic E-state index is 12.5. The van der Waals surface area contributed by atoms with Crippen molar-refractivity contribution < 1.29 is 17.9 Å². The standard InChI is InChI=1S/C21H31N3O4S/c1-2-22-29(26,27)20-6-3-18(4-7-20)5-8-21(25)24-11-9-19(10-12-24)17-23-13-15-28-16-14-23/h3-8,19,22H,2,9-17H2,1H3. The van der Waals surface area contributed by atoms with Gasteiger partial charge < -0.3 is 9.64 Å². The molecular formula is C21H31N3O4S. The average Bonchev–Trinajstić information content (AvgIpc) is 2.73. The second-order valence-electron chi connectivity index (χ2n) is 7.59. The van der Waals surface area contributed by atoms with Crippen molar-refractivity contribution in [1.82, 2.24) is 14.5 Å². The highest BCUT2D eigenvalue weighted by molar-refractivity contribution is 7.89. The number of likely N-dealkylation sites (tertiary alicyclic amines) is 1. The Kier molecular flexibility index (Phi) is 7.83. The molecule has 0 unspecified atom stereocenters. The maximum Gasteiger partial charge on any atom is 0.246 e. The smallest absolute Gasteiger partial charge is 0.246 e. The fourth-order valence-electron chi connectivity index (χ4n) is 3.79. The molecule has 0 radical (unpaired) electrons. The zero-order valence-corrected chi connectivity index (χ0v) is 17.9. The number of hydrogen-bond acceptors (Lipinski definition) is 5. The number of morpholine rings is 1. The largest absolute Gasteiger partial charge is 0.379 e. The molecule has 0 aliphatic carbocycles. The van der Waals surface area contributed by atoms with Gasteiger partial charge in [-0.2, -0.15) is 0 Å². The molecule has 1 aromatic rings. The van der Waals surface area contributed by atoms with Crippen LogP contribution in [0.2, 0.25) is 0 Å². The van der Waals surface area contributed by atoms with Gasteiger partial charge in [0.05, 0.1) is 18.1 Å². The SMILES string of the molecule is CCNS(=O)(=O)c1ccc(C=CC(=O)N2CCC(CN3CCOCC3)CC2)cc1. The number of nitrogens with one attached hydrogen (secondary N) is 1. The third-order valence-electron chi connectivity index (χ3n) is 5.49. The van der Waals surface area contributed by atoms with Gasteiger partial charge >= 0.3 is 0 Å². The lowest BCUT2D eigenvalue weighted by Crippen LogP contribution is -2.43. The molecule has 29 heavy (non-hydrogen) atoms. The Morgan fingerprint density at radius 2 is 1.79 bits per heavy atom. The van der Waals surface area contributed by atoms with Gasteiger partial charge in [-0.05, 0) is 42.5 Å². The minimum Gasteiger partial charge on any atom is -0.379 e. The number of sulfonamides is 1. The van der Waals surface area contributed by atoms with E-state index in [4.69, 9.17) is 4.74 Å². The van der Waals surface area contributed by atoms with Crippen molar-refractivity contribution in [2.75, 3.05) is 52.5 Å². The Labute approximate surface area is 173 Å². The van der Waals surface area contributed by atoms with Crippen LogP contribution in [0.3, 0.4) is 0 Å². The molecule has 8 heteroatoms. The molecular weight excluding hydrogens is 390 g/mol. The highest BCUT2D eigenvalue weighted by Crippen LogP contribution is 2.19. The van der Waals surface area contributed by atoms with E-state index >= 15 is 0 Å². The van der Waals surface area contributed by atoms with Gasteiger partial charge in [0.2, 0.25) is 15.9 Å². The average molecular weight is 422 g/mol. The monoisotopic (exact) mass is 421 g/mol. The Morgan fingerprint density at radius 3 is 2.41 bits per heavy atom. The number of carbonyl (C=O) groups excluding carboxylic acids is 1. The van der Waals surface area contributed by atoms with Crippen LogP contribution in [0.4, 0.5) is 0 Å². The number of piperidine rings is 1. The van der Waals surface area contributed by atoms with Crippen LogP contribution in [0.15, 0.2) is 35.2 Å². The molecule has 0 spiro atoms. The van der Waals surface area contributed by atoms with Crippen LogP contribution in [0.25, 0.3) is 6.08 Å². The fourth-order valence-corrected chi connectivity index (χ4v) is 4.83. The van der Waals surface area contributed by atoms with Gasteiger partial charge in [-0.1, -0.05) is 19.1 Å². The first-order chi connectivity index (χ1) is 14.0. The predicted molar refractivity (Wildman–Crippen MR) is 113 cm³/mol. The van der Waals surface area contributed by atoms with Gasteiger partial charge in [-0.15, -0.1) is 0 Å². The zero-order valence-electron chi connectivity index (χ0n) is 17.0. The van der Waals surface area contributed by atoms with Crippen molar-refractivity contribution in [3.8, 4) is 0 Å². The van der Waals surface area contributed by atoms with E-state index in [2.05, 4.69) is 9.62 Å². The van der Waals surface area contributed by atoms with E-state index in [1.165, 1.54) is 0 Å². The van der Waals surface area contributed by atoms with Crippen LogP contribution in [0.5, 0.6) is 0 Å². The molecule has 0 aromatic heterocycles. The quantitative estimate of drug-likeness (QED) is 0.676. The van der Waals surface area contributed by atoms with Crippen molar-refractivity contribution >= 4 is 22.0 Å². The third kappa shape index (κ3) is 6.37. The van der Waals surface area contributed by atoms with Crippen LogP contribution >= 0.6 is 0 Å². The highest BCUT2D eigenvalue weighted by Gasteiger charge is 2.24. The summed E-state index contributed by atoms with van der Waals surface area (Å²) in [6, 6.07) is 6.53. The zero-order chi connectivity index (χ0) is 20.7. The first-order valence-electron chi connectivity index (χ1n) is 10.3. The van der Waals surface area contributed by atoms with Crippen LogP contribution in [-0.4, -0.2) is 76.6 Å². The lowest BCUT2D eigenvalue weighted by atomic mass is 9.96. The lowest BCUT2D eigenvalue weighted by Gasteiger charge is -2.35. The van der Waals surface area contributed by atoms with Gasteiger partial charge in [-0.25, -0.2) is 13.1 Å². The van der Waals surface area contributed by atoms with E-state index < -0.39 is 10.0 Å². The van der Waals surface area contributed by atoms with Crippen molar-refractivity contribution in [3.63, 3.8) is 0 Å². The summed E-state index contributed by atoms with van der Waals surface area (Å²) in [5.74, 6) is 0.659. The minimum absolute atomic E-state index is 0.0131. The molecule has 160 valence electrons. The van der Waals surface area contributed by atoms with Crippen LogP contribution in [0, 0.1) is 5.92 Å². The second-order valence-corrected chi connectivity index (χ2v) is 9.35. The molecule has 1 aromatic carbocycles. The highest BCUT2D eigenvalue weighted by atomic mass is 32.2. The van der Waals surface area contributed by atoms with Crippen molar-refractivity contribution in [2.24, 2.45) is 5.92 Å². The molecule has 7 nitrogen and oxygen atoms in total. The summed E-state index contributed by atoms with van der Waals surface area (Å²) in [5, 5.41) is 0. The molecule has 3 rings (SSSR count). The number of rotatable bonds is 7. The molecule has 0 saturated carbocycles. The number of hydrogen-bond donors (Lipinski definition) is 1. The molecule has 2 fully saturated rings. The summed E-state index contributed by atoms with van der Waals surface area (Å²) in [6.07, 6.45) is 5.39. The van der Waals surface area contributed by atoms with Gasteiger partial charge in [-0.3, -0.25) is 9.69 Å². The van der Waals surface area contributed by atoms with Crippen LogP contribution in [0.1, 0.15) is 25.3 Å². The van der Waals surface area contributed by atoms with E-state index in [-0.39, 0.29) is 10.8 Å². The summed E-state index contributed by atoms with van der Waals surface area (Å²) in [6.45, 7) is 8.44. The van der Waals surface area contributed by atoms with Gasteiger partial charge in [0, 0.05) is 45.3 Å². The lowest BCUT2D eigenvalue weighted by molar-refractivity contribution is -0.127. The van der Waals surface area contributed by atoms with Crippen molar-refractivity contribution in [1.29, 1.82) is 0 Å². The first-order valence-corrected chi connectivity index (χ1v) is 11.8. The van der Waals surface area contributed by atoms with E-state index in [0.717, 1.165) is 64.3 Å². The Hall–Kier alpha value is -1.74. The molecule has 2 heterocycles. The molecule has 2 aliphatic rings. The first kappa shape index (κ1) is 22.0. The van der Waals surface area contributed by atoms with Gasteiger partial charge in [0.15, 0.2) is 0 Å². The summed E-state index contributed by atoms with van der Waals surface area (Å²) in [4.78, 5) is 17.1. The molecule has 1 amide bonds. The molecule has 0 atom stereocenters. The number of benzene rings is 1. The predicted octanol–water partition coefficient (Wildman–Crippen LogP) is 1.57. The van der Waals surface area contributed by atoms with Crippen LogP contribution in [-0.2, 0) is 19.6 Å². The summed E-state index contributed by atoms with van der Waals surface area (Å²) in [5.41, 5.74) is 0.802. The third-order valence-corrected chi connectivity index (χ3v) is 7.05. The molecule has 0 bridgehead atoms. The maximum absolute atomic E-state index is 12.5. The molecule has 1 N–H and O–H groups in total. The van der Waals surface area contributed by atoms with E-state index in [9.17, 15) is 13.2 Å². The fraction of sp³-hybridized carbons (Fsp3) is 0.571. The van der Waals surface area contributed by atoms with Gasteiger partial charge in [0.1, 0.15) is 0 Å². The second kappa shape index (κ2) is 10.3. The minimum atomic E-state index is -3.45. The molecule has 2 aliphatic heterocycles. The number of carbonyl (C=O) groups is 1. The normalized spacial score (nSPS) is 19.7. The summed E-state index contributed by atoms with van der Waals surface area (Å²) in [7, 11) is -3.45. The Bertz CT molecular complexity index is 794. The van der Waals surface area contributed by atoms with Crippen molar-refractivity contribution in [2.45, 2.75) is 24.7 Å². The topological polar surface area (TPSA) is 79.0 Å². The summed E-state index contributed by atoms with van der Waals surface area (Å²) >= 11 is 0. The Balaban J connectivity index is 1.47. The van der Waals surface area contributed by atoms with E-state index in [0.29, 0.717) is 12.5 Å². The van der Waals surface area contributed by atoms with E-state index in [1.807, 2.05) is 4.90 Å². The molecule has 2 saturated heterocycles. The summed E-state index contributed by atoms with van der Waals surface area (Å²) < 4.78 is 31.8.